The summed E-state index contributed by atoms with van der Waals surface area (Å²) in [7, 11) is 1.32. The number of benzene rings is 1. The van der Waals surface area contributed by atoms with E-state index < -0.39 is 5.97 Å². The number of rotatable bonds is 6. The van der Waals surface area contributed by atoms with Crippen molar-refractivity contribution in [1.82, 2.24) is 5.32 Å². The average Bonchev–Trinajstić information content (AvgIpc) is 2.49. The van der Waals surface area contributed by atoms with E-state index in [1.54, 1.807) is 24.3 Å². The van der Waals surface area contributed by atoms with Crippen LogP contribution in [-0.4, -0.2) is 31.6 Å². The van der Waals surface area contributed by atoms with Gasteiger partial charge in [-0.3, -0.25) is 9.59 Å². The van der Waals surface area contributed by atoms with Crippen molar-refractivity contribution in [3.8, 4) is 0 Å². The molecule has 2 rings (SSSR count). The largest absolute Gasteiger partial charge is 0.465 e. The lowest BCUT2D eigenvalue weighted by atomic mass is 9.86. The molecule has 0 aliphatic heterocycles. The molecule has 1 aromatic rings. The third-order valence-corrected chi connectivity index (χ3v) is 3.65. The quantitative estimate of drug-likeness (QED) is 0.804. The molecule has 6 nitrogen and oxygen atoms in total. The van der Waals surface area contributed by atoms with Crippen molar-refractivity contribution >= 4 is 17.8 Å². The predicted molar refractivity (Wildman–Crippen MR) is 77.9 cm³/mol. The SMILES string of the molecule is COC(=O)c1ccc(CNC(=O)COC(=O)C2CCC2)cc1. The number of hydrogen-bond donors (Lipinski definition) is 1. The Morgan fingerprint density at radius 1 is 1.18 bits per heavy atom. The topological polar surface area (TPSA) is 81.7 Å². The van der Waals surface area contributed by atoms with E-state index in [9.17, 15) is 14.4 Å². The summed E-state index contributed by atoms with van der Waals surface area (Å²) in [4.78, 5) is 34.4. The van der Waals surface area contributed by atoms with Crippen molar-refractivity contribution in [3.63, 3.8) is 0 Å². The second-order valence-electron chi connectivity index (χ2n) is 5.20. The zero-order valence-electron chi connectivity index (χ0n) is 12.5. The zero-order chi connectivity index (χ0) is 15.9. The Balaban J connectivity index is 1.71. The Labute approximate surface area is 128 Å². The van der Waals surface area contributed by atoms with E-state index in [-0.39, 0.29) is 24.4 Å². The van der Waals surface area contributed by atoms with Gasteiger partial charge < -0.3 is 14.8 Å². The summed E-state index contributed by atoms with van der Waals surface area (Å²) in [5, 5.41) is 2.66. The molecule has 1 aromatic carbocycles. The Morgan fingerprint density at radius 3 is 2.41 bits per heavy atom. The van der Waals surface area contributed by atoms with Crippen LogP contribution in [-0.2, 0) is 25.6 Å². The fourth-order valence-corrected chi connectivity index (χ4v) is 2.03. The lowest BCUT2D eigenvalue weighted by molar-refractivity contribution is -0.155. The molecule has 118 valence electrons. The molecule has 1 saturated carbocycles. The van der Waals surface area contributed by atoms with Gasteiger partial charge in [-0.25, -0.2) is 4.79 Å². The first-order chi connectivity index (χ1) is 10.6. The smallest absolute Gasteiger partial charge is 0.337 e. The van der Waals surface area contributed by atoms with Crippen LogP contribution in [0.25, 0.3) is 0 Å². The van der Waals surface area contributed by atoms with Crippen molar-refractivity contribution in [2.24, 2.45) is 5.92 Å². The average molecular weight is 305 g/mol. The van der Waals surface area contributed by atoms with Crippen LogP contribution >= 0.6 is 0 Å². The van der Waals surface area contributed by atoms with Gasteiger partial charge in [0.25, 0.3) is 5.91 Å². The van der Waals surface area contributed by atoms with Gasteiger partial charge in [0.15, 0.2) is 6.61 Å². The lowest BCUT2D eigenvalue weighted by Gasteiger charge is -2.22. The molecule has 1 aliphatic rings. The molecule has 6 heteroatoms. The number of methoxy groups -OCH3 is 1. The molecule has 22 heavy (non-hydrogen) atoms. The van der Waals surface area contributed by atoms with E-state index in [1.165, 1.54) is 7.11 Å². The molecule has 0 atom stereocenters. The number of ether oxygens (including phenoxy) is 2. The van der Waals surface area contributed by atoms with Gasteiger partial charge in [-0.2, -0.15) is 0 Å². The number of esters is 2. The Hall–Kier alpha value is -2.37. The molecule has 0 radical (unpaired) electrons. The van der Waals surface area contributed by atoms with E-state index >= 15 is 0 Å². The predicted octanol–water partition coefficient (Wildman–Crippen LogP) is 1.43. The van der Waals surface area contributed by atoms with E-state index in [1.807, 2.05) is 0 Å². The number of carbonyl (C=O) groups is 3. The third kappa shape index (κ3) is 4.31. The molecule has 1 aliphatic carbocycles. The molecule has 0 heterocycles. The van der Waals surface area contributed by atoms with Gasteiger partial charge in [-0.15, -0.1) is 0 Å². The van der Waals surface area contributed by atoms with Crippen LogP contribution in [0.1, 0.15) is 35.2 Å². The molecule has 0 aromatic heterocycles. The van der Waals surface area contributed by atoms with E-state index in [4.69, 9.17) is 4.74 Å². The van der Waals surface area contributed by atoms with Crippen molar-refractivity contribution < 1.29 is 23.9 Å². The first kappa shape index (κ1) is 16.0. The molecule has 0 spiro atoms. The number of nitrogens with one attached hydrogen (secondary N) is 1. The van der Waals surface area contributed by atoms with Gasteiger partial charge in [0.2, 0.25) is 0 Å². The maximum absolute atomic E-state index is 11.6. The fourth-order valence-electron chi connectivity index (χ4n) is 2.03. The maximum Gasteiger partial charge on any atom is 0.337 e. The van der Waals surface area contributed by atoms with Crippen molar-refractivity contribution in [2.45, 2.75) is 25.8 Å². The third-order valence-electron chi connectivity index (χ3n) is 3.65. The summed E-state index contributed by atoms with van der Waals surface area (Å²) in [5.41, 5.74) is 1.29. The number of carbonyl (C=O) groups excluding carboxylic acids is 3. The first-order valence-corrected chi connectivity index (χ1v) is 7.20. The van der Waals surface area contributed by atoms with Crippen LogP contribution < -0.4 is 5.32 Å². The van der Waals surface area contributed by atoms with Crippen LogP contribution in [0.5, 0.6) is 0 Å². The fraction of sp³-hybridized carbons (Fsp3) is 0.438. The molecule has 0 unspecified atom stereocenters. The summed E-state index contributed by atoms with van der Waals surface area (Å²) >= 11 is 0. The first-order valence-electron chi connectivity index (χ1n) is 7.20. The molecular formula is C16H19NO5. The van der Waals surface area contributed by atoms with Crippen LogP contribution in [0.4, 0.5) is 0 Å². The summed E-state index contributed by atoms with van der Waals surface area (Å²) in [6, 6.07) is 6.72. The van der Waals surface area contributed by atoms with Gasteiger partial charge in [0, 0.05) is 6.54 Å². The molecule has 0 bridgehead atoms. The number of amides is 1. The highest BCUT2D eigenvalue weighted by Gasteiger charge is 2.26. The Morgan fingerprint density at radius 2 is 1.86 bits per heavy atom. The van der Waals surface area contributed by atoms with Gasteiger partial charge in [-0.05, 0) is 30.5 Å². The minimum Gasteiger partial charge on any atom is -0.465 e. The lowest BCUT2D eigenvalue weighted by Crippen LogP contribution is -2.31. The summed E-state index contributed by atoms with van der Waals surface area (Å²) in [6.45, 7) is 0.0524. The van der Waals surface area contributed by atoms with Crippen LogP contribution in [0.2, 0.25) is 0 Å². The number of hydrogen-bond acceptors (Lipinski definition) is 5. The van der Waals surface area contributed by atoms with Crippen LogP contribution in [0, 0.1) is 5.92 Å². The van der Waals surface area contributed by atoms with Gasteiger partial charge in [-0.1, -0.05) is 18.6 Å². The van der Waals surface area contributed by atoms with E-state index in [0.717, 1.165) is 24.8 Å². The highest BCUT2D eigenvalue weighted by Crippen LogP contribution is 2.27. The highest BCUT2D eigenvalue weighted by atomic mass is 16.5. The molecule has 0 saturated heterocycles. The second kappa shape index (κ2) is 7.59. The molecule has 1 amide bonds. The summed E-state index contributed by atoms with van der Waals surface area (Å²) < 4.78 is 9.55. The monoisotopic (exact) mass is 305 g/mol. The van der Waals surface area contributed by atoms with E-state index in [2.05, 4.69) is 10.1 Å². The molecule has 1 N–H and O–H groups in total. The van der Waals surface area contributed by atoms with Crippen LogP contribution in [0.3, 0.4) is 0 Å². The summed E-state index contributed by atoms with van der Waals surface area (Å²) in [5.74, 6) is -1.06. The molecular weight excluding hydrogens is 286 g/mol. The normalized spacial score (nSPS) is 13.9. The highest BCUT2D eigenvalue weighted by molar-refractivity contribution is 5.89. The van der Waals surface area contributed by atoms with Crippen molar-refractivity contribution in [2.75, 3.05) is 13.7 Å². The van der Waals surface area contributed by atoms with E-state index in [0.29, 0.717) is 12.1 Å². The Kier molecular flexibility index (Phi) is 5.52. The maximum atomic E-state index is 11.6. The standard InChI is InChI=1S/C16H19NO5/c1-21-15(19)13-7-5-11(6-8-13)9-17-14(18)10-22-16(20)12-3-2-4-12/h5-8,12H,2-4,9-10H2,1H3,(H,17,18). The zero-order valence-corrected chi connectivity index (χ0v) is 12.5. The van der Waals surface area contributed by atoms with Gasteiger partial charge in [0.1, 0.15) is 0 Å². The summed E-state index contributed by atoms with van der Waals surface area (Å²) in [6.07, 6.45) is 2.76. The minimum absolute atomic E-state index is 0.0290. The van der Waals surface area contributed by atoms with Crippen LogP contribution in [0.15, 0.2) is 24.3 Å². The molecule has 1 fully saturated rings. The second-order valence-corrected chi connectivity index (χ2v) is 5.20. The minimum atomic E-state index is -0.404. The Bertz CT molecular complexity index is 548. The van der Waals surface area contributed by atoms with Crippen molar-refractivity contribution in [3.05, 3.63) is 35.4 Å². The van der Waals surface area contributed by atoms with Gasteiger partial charge >= 0.3 is 11.9 Å². The van der Waals surface area contributed by atoms with Gasteiger partial charge in [0.05, 0.1) is 18.6 Å². The van der Waals surface area contributed by atoms with Crippen molar-refractivity contribution in [1.29, 1.82) is 0 Å².